The number of aryl methyl sites for hydroxylation is 2. The summed E-state index contributed by atoms with van der Waals surface area (Å²) >= 11 is 0. The number of likely N-dealkylation sites (N-methyl/N-ethyl adjacent to an activating group) is 1. The Bertz CT molecular complexity index is 510. The molecule has 0 fully saturated rings. The zero-order chi connectivity index (χ0) is 16.0. The van der Waals surface area contributed by atoms with Gasteiger partial charge in [0, 0.05) is 12.1 Å². The lowest BCUT2D eigenvalue weighted by molar-refractivity contribution is -0.121. The van der Waals surface area contributed by atoms with Gasteiger partial charge >= 0.3 is 0 Å². The summed E-state index contributed by atoms with van der Waals surface area (Å²) in [6.45, 7) is 9.27. The molecule has 0 unspecified atom stereocenters. The van der Waals surface area contributed by atoms with Crippen LogP contribution in [0.5, 0.6) is 0 Å². The number of amides is 1. The predicted octanol–water partition coefficient (Wildman–Crippen LogP) is 2.19. The van der Waals surface area contributed by atoms with Crippen molar-refractivity contribution < 1.29 is 9.59 Å². The van der Waals surface area contributed by atoms with Crippen LogP contribution in [0.2, 0.25) is 0 Å². The van der Waals surface area contributed by atoms with Crippen LogP contribution in [0.25, 0.3) is 0 Å². The lowest BCUT2D eigenvalue weighted by atomic mass is 10.0. The molecule has 0 aliphatic heterocycles. The molecule has 0 atom stereocenters. The van der Waals surface area contributed by atoms with Crippen LogP contribution in [-0.4, -0.2) is 43.3 Å². The van der Waals surface area contributed by atoms with E-state index in [4.69, 9.17) is 0 Å². The van der Waals surface area contributed by atoms with Crippen molar-refractivity contribution in [3.05, 3.63) is 34.9 Å². The third-order valence-electron chi connectivity index (χ3n) is 3.36. The van der Waals surface area contributed by atoms with Crippen LogP contribution in [0.4, 0.5) is 0 Å². The molecule has 1 rings (SSSR count). The van der Waals surface area contributed by atoms with E-state index in [0.717, 1.165) is 5.56 Å². The fourth-order valence-corrected chi connectivity index (χ4v) is 1.93. The number of nitrogens with one attached hydrogen (secondary N) is 1. The fraction of sp³-hybridized carbons (Fsp3) is 0.529. The van der Waals surface area contributed by atoms with Gasteiger partial charge in [0.2, 0.25) is 5.91 Å². The molecule has 0 aromatic heterocycles. The first kappa shape index (κ1) is 17.4. The second-order valence-corrected chi connectivity index (χ2v) is 6.09. The van der Waals surface area contributed by atoms with Crippen LogP contribution in [-0.2, 0) is 4.79 Å². The first-order valence-electron chi connectivity index (χ1n) is 7.35. The van der Waals surface area contributed by atoms with Crippen molar-refractivity contribution in [2.24, 2.45) is 5.92 Å². The molecule has 0 spiro atoms. The minimum atomic E-state index is -0.0425. The molecule has 0 radical (unpaired) electrons. The number of rotatable bonds is 7. The molecule has 0 saturated heterocycles. The molecule has 116 valence electrons. The van der Waals surface area contributed by atoms with Crippen molar-refractivity contribution in [1.82, 2.24) is 10.2 Å². The molecule has 0 heterocycles. The summed E-state index contributed by atoms with van der Waals surface area (Å²) in [5.41, 5.74) is 2.98. The van der Waals surface area contributed by atoms with Gasteiger partial charge < -0.3 is 5.32 Å². The average Bonchev–Trinajstić information content (AvgIpc) is 2.39. The number of hydrogen-bond donors (Lipinski definition) is 1. The van der Waals surface area contributed by atoms with E-state index in [2.05, 4.69) is 5.32 Å². The second kappa shape index (κ2) is 7.93. The highest BCUT2D eigenvalue weighted by atomic mass is 16.2. The van der Waals surface area contributed by atoms with Gasteiger partial charge in [-0.05, 0) is 44.0 Å². The first-order chi connectivity index (χ1) is 9.79. The number of carbonyl (C=O) groups excluding carboxylic acids is 2. The summed E-state index contributed by atoms with van der Waals surface area (Å²) in [6.07, 6.45) is 0. The maximum absolute atomic E-state index is 12.2. The van der Waals surface area contributed by atoms with E-state index in [9.17, 15) is 9.59 Å². The molecule has 0 aliphatic rings. The molecular formula is C17H26N2O2. The SMILES string of the molecule is Cc1ccc(C(=O)CN(C)CC(=O)NCC(C)C)cc1C. The highest BCUT2D eigenvalue weighted by Crippen LogP contribution is 2.10. The topological polar surface area (TPSA) is 49.4 Å². The van der Waals surface area contributed by atoms with Gasteiger partial charge in [-0.3, -0.25) is 14.5 Å². The van der Waals surface area contributed by atoms with Gasteiger partial charge in [-0.25, -0.2) is 0 Å². The minimum absolute atomic E-state index is 0.0391. The molecule has 21 heavy (non-hydrogen) atoms. The number of Topliss-reactive ketones (excluding diaryl/α,β-unsaturated/α-hetero) is 1. The fourth-order valence-electron chi connectivity index (χ4n) is 1.93. The molecule has 0 aliphatic carbocycles. The van der Waals surface area contributed by atoms with Crippen LogP contribution in [0.3, 0.4) is 0 Å². The van der Waals surface area contributed by atoms with E-state index in [0.29, 0.717) is 18.0 Å². The lowest BCUT2D eigenvalue weighted by Gasteiger charge is -2.16. The van der Waals surface area contributed by atoms with Crippen molar-refractivity contribution in [1.29, 1.82) is 0 Å². The number of benzene rings is 1. The first-order valence-corrected chi connectivity index (χ1v) is 7.35. The van der Waals surface area contributed by atoms with E-state index < -0.39 is 0 Å². The Hall–Kier alpha value is -1.68. The van der Waals surface area contributed by atoms with E-state index in [1.165, 1.54) is 5.56 Å². The Morgan fingerprint density at radius 1 is 1.14 bits per heavy atom. The molecule has 1 N–H and O–H groups in total. The maximum Gasteiger partial charge on any atom is 0.234 e. The molecule has 1 amide bonds. The van der Waals surface area contributed by atoms with Crippen molar-refractivity contribution in [3.63, 3.8) is 0 Å². The third kappa shape index (κ3) is 6.08. The summed E-state index contributed by atoms with van der Waals surface area (Å²) in [5.74, 6) is 0.424. The number of hydrogen-bond acceptors (Lipinski definition) is 3. The highest BCUT2D eigenvalue weighted by Gasteiger charge is 2.13. The minimum Gasteiger partial charge on any atom is -0.355 e. The molecular weight excluding hydrogens is 264 g/mol. The summed E-state index contributed by atoms with van der Waals surface area (Å²) in [7, 11) is 1.79. The Balaban J connectivity index is 2.50. The zero-order valence-corrected chi connectivity index (χ0v) is 13.7. The van der Waals surface area contributed by atoms with Crippen molar-refractivity contribution in [2.75, 3.05) is 26.7 Å². The second-order valence-electron chi connectivity index (χ2n) is 6.09. The van der Waals surface area contributed by atoms with Gasteiger partial charge in [-0.15, -0.1) is 0 Å². The zero-order valence-electron chi connectivity index (χ0n) is 13.7. The van der Waals surface area contributed by atoms with Gasteiger partial charge in [-0.2, -0.15) is 0 Å². The maximum atomic E-state index is 12.2. The van der Waals surface area contributed by atoms with E-state index in [1.807, 2.05) is 45.9 Å². The lowest BCUT2D eigenvalue weighted by Crippen LogP contribution is -2.38. The quantitative estimate of drug-likeness (QED) is 0.783. The largest absolute Gasteiger partial charge is 0.355 e. The summed E-state index contributed by atoms with van der Waals surface area (Å²) < 4.78 is 0. The Morgan fingerprint density at radius 2 is 1.81 bits per heavy atom. The Kier molecular flexibility index (Phi) is 6.56. The standard InChI is InChI=1S/C17H26N2O2/c1-12(2)9-18-17(21)11-19(5)10-16(20)15-7-6-13(3)14(4)8-15/h6-8,12H,9-11H2,1-5H3,(H,18,21). The molecule has 0 bridgehead atoms. The normalized spacial score (nSPS) is 11.0. The molecule has 4 nitrogen and oxygen atoms in total. The molecule has 4 heteroatoms. The van der Waals surface area contributed by atoms with Gasteiger partial charge in [0.1, 0.15) is 0 Å². The predicted molar refractivity (Wildman–Crippen MR) is 85.6 cm³/mol. The number of ketones is 1. The van der Waals surface area contributed by atoms with Gasteiger partial charge in [0.15, 0.2) is 5.78 Å². The van der Waals surface area contributed by atoms with Crippen LogP contribution >= 0.6 is 0 Å². The van der Waals surface area contributed by atoms with E-state index in [-0.39, 0.29) is 24.8 Å². The Morgan fingerprint density at radius 3 is 2.38 bits per heavy atom. The van der Waals surface area contributed by atoms with Gasteiger partial charge in [-0.1, -0.05) is 26.0 Å². The van der Waals surface area contributed by atoms with Crippen LogP contribution in [0, 0.1) is 19.8 Å². The summed E-state index contributed by atoms with van der Waals surface area (Å²) in [4.78, 5) is 25.6. The Labute approximate surface area is 127 Å². The van der Waals surface area contributed by atoms with Crippen LogP contribution in [0.1, 0.15) is 35.3 Å². The summed E-state index contributed by atoms with van der Waals surface area (Å²) in [6, 6.07) is 5.71. The third-order valence-corrected chi connectivity index (χ3v) is 3.36. The number of nitrogens with zero attached hydrogens (tertiary/aromatic N) is 1. The van der Waals surface area contributed by atoms with Gasteiger partial charge in [0.25, 0.3) is 0 Å². The number of carbonyl (C=O) groups is 2. The van der Waals surface area contributed by atoms with Crippen molar-refractivity contribution >= 4 is 11.7 Å². The van der Waals surface area contributed by atoms with Crippen molar-refractivity contribution in [3.8, 4) is 0 Å². The van der Waals surface area contributed by atoms with Crippen molar-refractivity contribution in [2.45, 2.75) is 27.7 Å². The summed E-state index contributed by atoms with van der Waals surface area (Å²) in [5, 5.41) is 2.85. The molecule has 1 aromatic rings. The van der Waals surface area contributed by atoms with Crippen LogP contribution < -0.4 is 5.32 Å². The van der Waals surface area contributed by atoms with Crippen LogP contribution in [0.15, 0.2) is 18.2 Å². The monoisotopic (exact) mass is 290 g/mol. The van der Waals surface area contributed by atoms with E-state index >= 15 is 0 Å². The van der Waals surface area contributed by atoms with Gasteiger partial charge in [0.05, 0.1) is 13.1 Å². The van der Waals surface area contributed by atoms with E-state index in [1.54, 1.807) is 11.9 Å². The molecule has 1 aromatic carbocycles. The average molecular weight is 290 g/mol. The highest BCUT2D eigenvalue weighted by molar-refractivity contribution is 5.98. The molecule has 0 saturated carbocycles. The smallest absolute Gasteiger partial charge is 0.234 e.